The molecule has 1 atom stereocenters. The topological polar surface area (TPSA) is 63.3 Å². The number of anilines is 2. The lowest BCUT2D eigenvalue weighted by atomic mass is 10.1. The molecule has 0 aliphatic rings. The molecule has 1 unspecified atom stereocenters. The molecule has 0 spiro atoms. The highest BCUT2D eigenvalue weighted by atomic mass is 32.1. The van der Waals surface area contributed by atoms with Gasteiger partial charge in [0, 0.05) is 29.2 Å². The molecule has 7 heteroatoms. The number of hydrogen-bond acceptors (Lipinski definition) is 5. The van der Waals surface area contributed by atoms with Gasteiger partial charge < -0.3 is 11.1 Å². The number of nitrogen functional groups attached to an aromatic ring is 1. The van der Waals surface area contributed by atoms with Gasteiger partial charge in [0.2, 0.25) is 0 Å². The number of halogens is 1. The normalized spacial score (nSPS) is 10.3. The van der Waals surface area contributed by atoms with E-state index in [1.807, 2.05) is 60.7 Å². The van der Waals surface area contributed by atoms with E-state index in [0.717, 1.165) is 57.4 Å². The van der Waals surface area contributed by atoms with Gasteiger partial charge in [-0.1, -0.05) is 107 Å². The van der Waals surface area contributed by atoms with Crippen LogP contribution < -0.4 is 16.4 Å². The van der Waals surface area contributed by atoms with Crippen molar-refractivity contribution in [1.29, 1.82) is 0 Å². The highest BCUT2D eigenvalue weighted by Crippen LogP contribution is 2.30. The molecule has 0 aliphatic heterocycles. The SMILES string of the molecule is CCCC.CCCF.CCNc1ccc(C(C)=Nc2ccccc2C)cc1.CCc1ccc(P)cc1.Nc1ccc(-c2nc3ccccc3s2)cc1. The van der Waals surface area contributed by atoms with E-state index in [2.05, 4.69) is 122 Å². The van der Waals surface area contributed by atoms with Gasteiger partial charge in [0.05, 0.1) is 22.6 Å². The van der Waals surface area contributed by atoms with Gasteiger partial charge in [-0.15, -0.1) is 20.6 Å². The highest BCUT2D eigenvalue weighted by molar-refractivity contribution is 7.27. The van der Waals surface area contributed by atoms with Crippen LogP contribution in [-0.2, 0) is 6.42 Å². The lowest BCUT2D eigenvalue weighted by molar-refractivity contribution is 0.487. The Bertz CT molecular complexity index is 1810. The van der Waals surface area contributed by atoms with Gasteiger partial charge in [-0.2, -0.15) is 0 Å². The summed E-state index contributed by atoms with van der Waals surface area (Å²) in [5, 5.41) is 5.59. The third-order valence-electron chi connectivity index (χ3n) is 7.62. The Morgan fingerprint density at radius 1 is 0.769 bits per heavy atom. The molecule has 0 saturated heterocycles. The molecule has 0 radical (unpaired) electrons. The van der Waals surface area contributed by atoms with Crippen molar-refractivity contribution in [3.8, 4) is 10.6 Å². The first-order valence-corrected chi connectivity index (χ1v) is 19.7. The summed E-state index contributed by atoms with van der Waals surface area (Å²) in [5.74, 6) is 0. The minimum atomic E-state index is -0.181. The highest BCUT2D eigenvalue weighted by Gasteiger charge is 2.05. The number of benzene rings is 5. The number of unbranched alkanes of at least 4 members (excludes halogenated alkanes) is 1. The standard InChI is InChI=1S/C17H20N2.C13H10N2S.C8H11P.C4H10.C3H7F/c1-4-18-16-11-9-15(10-12-16)14(3)19-17-8-6-5-7-13(17)2;14-10-7-5-9(6-8-10)13-15-11-3-1-2-4-12(11)16-13;1-2-7-3-5-8(9)6-4-7;1-3-4-2;1-2-3-4/h5-12,18H,4H2,1-3H3;1-8H,14H2;3-6H,2,9H2,1H3;3-4H2,1-2H3;2-3H2,1H3. The summed E-state index contributed by atoms with van der Waals surface area (Å²) in [5.41, 5.74) is 15.6. The maximum Gasteiger partial charge on any atom is 0.124 e. The minimum Gasteiger partial charge on any atom is -0.399 e. The van der Waals surface area contributed by atoms with Crippen molar-refractivity contribution in [3.05, 3.63) is 138 Å². The summed E-state index contributed by atoms with van der Waals surface area (Å²) < 4.78 is 11.9. The first-order valence-electron chi connectivity index (χ1n) is 18.3. The zero-order valence-corrected chi connectivity index (χ0v) is 34.1. The summed E-state index contributed by atoms with van der Waals surface area (Å²) in [6, 6.07) is 41.1. The van der Waals surface area contributed by atoms with Crippen LogP contribution in [0.15, 0.2) is 126 Å². The largest absolute Gasteiger partial charge is 0.399 e. The second-order valence-corrected chi connectivity index (χ2v) is 13.7. The summed E-state index contributed by atoms with van der Waals surface area (Å²) in [6.45, 7) is 15.3. The predicted molar refractivity (Wildman–Crippen MR) is 235 cm³/mol. The van der Waals surface area contributed by atoms with Crippen molar-refractivity contribution in [2.75, 3.05) is 24.3 Å². The van der Waals surface area contributed by atoms with Gasteiger partial charge >= 0.3 is 0 Å². The number of nitrogens with one attached hydrogen (secondary N) is 1. The molecule has 3 N–H and O–H groups in total. The van der Waals surface area contributed by atoms with Crippen molar-refractivity contribution >= 4 is 58.9 Å². The first kappa shape index (κ1) is 43.8. The number of aryl methyl sites for hydroxylation is 2. The van der Waals surface area contributed by atoms with E-state index in [4.69, 9.17) is 10.7 Å². The van der Waals surface area contributed by atoms with Crippen LogP contribution in [0.4, 0.5) is 21.5 Å². The van der Waals surface area contributed by atoms with Crippen LogP contribution >= 0.6 is 20.6 Å². The number of fused-ring (bicyclic) bond motifs is 1. The van der Waals surface area contributed by atoms with Gasteiger partial charge in [-0.3, -0.25) is 9.38 Å². The molecule has 0 fully saturated rings. The van der Waals surface area contributed by atoms with Crippen LogP contribution in [0.1, 0.15) is 77.5 Å². The number of thiazole rings is 1. The summed E-state index contributed by atoms with van der Waals surface area (Å²) in [6.07, 6.45) is 4.42. The monoisotopic (exact) mass is 736 g/mol. The van der Waals surface area contributed by atoms with Gasteiger partial charge in [-0.05, 0) is 110 Å². The Balaban J connectivity index is 0.000000254. The number of para-hydroxylation sites is 2. The zero-order chi connectivity index (χ0) is 38.1. The number of nitrogens with zero attached hydrogens (tertiary/aromatic N) is 2. The Morgan fingerprint density at radius 3 is 1.90 bits per heavy atom. The van der Waals surface area contributed by atoms with Crippen molar-refractivity contribution < 1.29 is 4.39 Å². The average Bonchev–Trinajstić information content (AvgIpc) is 3.62. The smallest absolute Gasteiger partial charge is 0.124 e. The maximum atomic E-state index is 10.7. The lowest BCUT2D eigenvalue weighted by Crippen LogP contribution is -1.98. The molecular weight excluding hydrogens is 679 g/mol. The number of aromatic nitrogens is 1. The molecule has 0 amide bonds. The Kier molecular flexibility index (Phi) is 21.5. The Hall–Kier alpha value is -4.38. The molecular formula is C45H58FN4PS. The molecule has 276 valence electrons. The summed E-state index contributed by atoms with van der Waals surface area (Å²) in [4.78, 5) is 9.29. The molecule has 1 heterocycles. The zero-order valence-electron chi connectivity index (χ0n) is 32.1. The van der Waals surface area contributed by atoms with E-state index in [9.17, 15) is 4.39 Å². The van der Waals surface area contributed by atoms with Gasteiger partial charge in [0.25, 0.3) is 0 Å². The molecule has 5 aromatic carbocycles. The molecule has 0 bridgehead atoms. The second kappa shape index (κ2) is 25.6. The second-order valence-electron chi connectivity index (χ2n) is 12.0. The number of rotatable bonds is 8. The summed E-state index contributed by atoms with van der Waals surface area (Å²) >= 11 is 1.70. The van der Waals surface area contributed by atoms with E-state index >= 15 is 0 Å². The van der Waals surface area contributed by atoms with Crippen LogP contribution in [0.2, 0.25) is 0 Å². The Labute approximate surface area is 319 Å². The van der Waals surface area contributed by atoms with Gasteiger partial charge in [0.1, 0.15) is 5.01 Å². The lowest BCUT2D eigenvalue weighted by Gasteiger charge is -2.06. The van der Waals surface area contributed by atoms with Crippen molar-refractivity contribution in [1.82, 2.24) is 4.98 Å². The fraction of sp³-hybridized carbons (Fsp3) is 0.289. The molecule has 6 rings (SSSR count). The van der Waals surface area contributed by atoms with Crippen molar-refractivity contribution in [2.45, 2.75) is 74.1 Å². The van der Waals surface area contributed by atoms with Crippen molar-refractivity contribution in [3.63, 3.8) is 0 Å². The Morgan fingerprint density at radius 2 is 1.37 bits per heavy atom. The first-order chi connectivity index (χ1) is 25.2. The third-order valence-corrected chi connectivity index (χ3v) is 9.09. The van der Waals surface area contributed by atoms with E-state index in [0.29, 0.717) is 6.42 Å². The number of alkyl halides is 1. The van der Waals surface area contributed by atoms with Crippen LogP contribution in [0.25, 0.3) is 20.8 Å². The molecule has 6 aromatic rings. The molecule has 4 nitrogen and oxygen atoms in total. The van der Waals surface area contributed by atoms with E-state index in [1.54, 1.807) is 18.3 Å². The van der Waals surface area contributed by atoms with Crippen LogP contribution in [0.5, 0.6) is 0 Å². The number of aliphatic imine (C=N–C) groups is 1. The third kappa shape index (κ3) is 16.3. The van der Waals surface area contributed by atoms with E-state index in [1.165, 1.54) is 34.0 Å². The van der Waals surface area contributed by atoms with Gasteiger partial charge in [-0.25, -0.2) is 4.98 Å². The van der Waals surface area contributed by atoms with Gasteiger partial charge in [0.15, 0.2) is 0 Å². The number of nitrogens with two attached hydrogens (primary N) is 1. The van der Waals surface area contributed by atoms with Crippen molar-refractivity contribution in [2.24, 2.45) is 4.99 Å². The molecule has 0 aliphatic carbocycles. The quantitative estimate of drug-likeness (QED) is 0.0929. The average molecular weight is 737 g/mol. The predicted octanol–water partition coefficient (Wildman–Crippen LogP) is 13.0. The van der Waals surface area contributed by atoms with Crippen LogP contribution in [0, 0.1) is 6.92 Å². The maximum absolute atomic E-state index is 10.7. The fourth-order valence-electron chi connectivity index (χ4n) is 4.34. The van der Waals surface area contributed by atoms with E-state index < -0.39 is 0 Å². The summed E-state index contributed by atoms with van der Waals surface area (Å²) in [7, 11) is 2.67. The molecule has 1 aromatic heterocycles. The van der Waals surface area contributed by atoms with Crippen LogP contribution in [0.3, 0.4) is 0 Å². The molecule has 0 saturated carbocycles. The molecule has 52 heavy (non-hydrogen) atoms. The minimum absolute atomic E-state index is 0.181. The fourth-order valence-corrected chi connectivity index (χ4v) is 5.51. The van der Waals surface area contributed by atoms with E-state index in [-0.39, 0.29) is 6.67 Å². The number of hydrogen-bond donors (Lipinski definition) is 2. The van der Waals surface area contributed by atoms with Crippen LogP contribution in [-0.4, -0.2) is 23.9 Å².